The summed E-state index contributed by atoms with van der Waals surface area (Å²) in [5.41, 5.74) is 1.90. The second kappa shape index (κ2) is 6.16. The quantitative estimate of drug-likeness (QED) is 0.446. The van der Waals surface area contributed by atoms with E-state index in [-0.39, 0.29) is 6.61 Å². The van der Waals surface area contributed by atoms with Crippen LogP contribution in [0.15, 0.2) is 35.5 Å². The molecule has 0 bridgehead atoms. The van der Waals surface area contributed by atoms with Crippen LogP contribution in [0.1, 0.15) is 31.1 Å². The van der Waals surface area contributed by atoms with E-state index < -0.39 is 17.5 Å². The SMILES string of the molecule is CCOC(=O)c1cccc(N2C(O)C(C)=C(C)NC2(O)Cl)c1. The number of hydrogen-bond acceptors (Lipinski definition) is 6. The van der Waals surface area contributed by atoms with Crippen LogP contribution >= 0.6 is 11.6 Å². The monoisotopic (exact) mass is 326 g/mol. The minimum Gasteiger partial charge on any atom is -0.462 e. The van der Waals surface area contributed by atoms with Gasteiger partial charge in [0.2, 0.25) is 0 Å². The number of alkyl halides is 1. The Labute approximate surface area is 133 Å². The number of ether oxygens (including phenoxy) is 1. The Morgan fingerprint density at radius 2 is 2.18 bits per heavy atom. The fraction of sp³-hybridized carbons (Fsp3) is 0.400. The Morgan fingerprint density at radius 1 is 1.50 bits per heavy atom. The second-order valence-electron chi connectivity index (χ2n) is 5.03. The molecule has 3 N–H and O–H groups in total. The second-order valence-corrected chi connectivity index (χ2v) is 5.56. The Hall–Kier alpha value is -1.76. The van der Waals surface area contributed by atoms with Crippen LogP contribution in [0.5, 0.6) is 0 Å². The van der Waals surface area contributed by atoms with E-state index in [2.05, 4.69) is 5.32 Å². The van der Waals surface area contributed by atoms with Crippen molar-refractivity contribution in [2.75, 3.05) is 11.5 Å². The average molecular weight is 327 g/mol. The highest BCUT2D eigenvalue weighted by atomic mass is 35.5. The number of rotatable bonds is 3. The zero-order chi connectivity index (χ0) is 16.5. The third-order valence-corrected chi connectivity index (χ3v) is 3.80. The molecule has 0 aromatic heterocycles. The van der Waals surface area contributed by atoms with Crippen LogP contribution in [0.25, 0.3) is 0 Å². The topological polar surface area (TPSA) is 82.0 Å². The molecule has 0 saturated carbocycles. The summed E-state index contributed by atoms with van der Waals surface area (Å²) in [6.45, 7) is 5.41. The van der Waals surface area contributed by atoms with Gasteiger partial charge in [0.25, 0.3) is 0 Å². The molecule has 1 heterocycles. The minimum atomic E-state index is -2.00. The van der Waals surface area contributed by atoms with Gasteiger partial charge in [0.1, 0.15) is 0 Å². The number of carbonyl (C=O) groups is 1. The summed E-state index contributed by atoms with van der Waals surface area (Å²) in [7, 11) is 0. The predicted octanol–water partition coefficient (Wildman–Crippen LogP) is 1.73. The van der Waals surface area contributed by atoms with Crippen LogP contribution in [0.3, 0.4) is 0 Å². The average Bonchev–Trinajstić information content (AvgIpc) is 2.45. The fourth-order valence-electron chi connectivity index (χ4n) is 2.26. The van der Waals surface area contributed by atoms with Crippen LogP contribution in [-0.2, 0) is 4.74 Å². The summed E-state index contributed by atoms with van der Waals surface area (Å²) < 4.78 is 4.95. The van der Waals surface area contributed by atoms with Crippen LogP contribution in [0.2, 0.25) is 0 Å². The number of nitrogens with zero attached hydrogens (tertiary/aromatic N) is 1. The largest absolute Gasteiger partial charge is 0.462 e. The first-order valence-corrected chi connectivity index (χ1v) is 7.27. The van der Waals surface area contributed by atoms with E-state index in [1.54, 1.807) is 39.0 Å². The number of nitrogens with one attached hydrogen (secondary N) is 1. The molecule has 2 unspecified atom stereocenters. The Bertz CT molecular complexity index is 615. The van der Waals surface area contributed by atoms with E-state index in [0.717, 1.165) is 0 Å². The van der Waals surface area contributed by atoms with Gasteiger partial charge < -0.3 is 20.3 Å². The highest BCUT2D eigenvalue weighted by molar-refractivity contribution is 6.24. The molecule has 1 aliphatic heterocycles. The predicted molar refractivity (Wildman–Crippen MR) is 83.2 cm³/mol. The molecule has 0 amide bonds. The number of aliphatic hydroxyl groups is 2. The first-order chi connectivity index (χ1) is 10.3. The Balaban J connectivity index is 2.42. The molecular weight excluding hydrogens is 308 g/mol. The van der Waals surface area contributed by atoms with Crippen molar-refractivity contribution in [3.8, 4) is 0 Å². The van der Waals surface area contributed by atoms with E-state index >= 15 is 0 Å². The zero-order valence-electron chi connectivity index (χ0n) is 12.6. The number of aliphatic hydroxyl groups excluding tert-OH is 1. The third-order valence-electron chi connectivity index (χ3n) is 3.52. The van der Waals surface area contributed by atoms with Gasteiger partial charge in [0.15, 0.2) is 6.23 Å². The van der Waals surface area contributed by atoms with E-state index in [4.69, 9.17) is 16.3 Å². The number of hydrogen-bond donors (Lipinski definition) is 3. The highest BCUT2D eigenvalue weighted by Gasteiger charge is 2.42. The summed E-state index contributed by atoms with van der Waals surface area (Å²) in [5, 5.41) is 21.5. The standard InChI is InChI=1S/C15H19ClN2O4/c1-4-22-14(20)11-6-5-7-12(8-11)18-13(19)9(2)10(3)17-15(18,16)21/h5-8,13,17,19,21H,4H2,1-3H3. The summed E-state index contributed by atoms with van der Waals surface area (Å²) in [5.74, 6) is -0.481. The van der Waals surface area contributed by atoms with Gasteiger partial charge in [-0.15, -0.1) is 0 Å². The van der Waals surface area contributed by atoms with Gasteiger partial charge in [0.05, 0.1) is 12.2 Å². The summed E-state index contributed by atoms with van der Waals surface area (Å²) >= 11 is 6.08. The minimum absolute atomic E-state index is 0.261. The number of benzene rings is 1. The first kappa shape index (κ1) is 16.6. The number of esters is 1. The zero-order valence-corrected chi connectivity index (χ0v) is 13.4. The lowest BCUT2D eigenvalue weighted by atomic mass is 10.1. The van der Waals surface area contributed by atoms with E-state index in [1.807, 2.05) is 0 Å². The molecule has 120 valence electrons. The number of allylic oxidation sites excluding steroid dienone is 1. The maximum Gasteiger partial charge on any atom is 0.338 e. The van der Waals surface area contributed by atoms with Crippen LogP contribution < -0.4 is 10.2 Å². The van der Waals surface area contributed by atoms with Crippen molar-refractivity contribution >= 4 is 23.3 Å². The molecule has 1 aromatic rings. The van der Waals surface area contributed by atoms with Gasteiger partial charge >= 0.3 is 11.3 Å². The molecule has 0 aliphatic carbocycles. The fourth-order valence-corrected chi connectivity index (χ4v) is 2.59. The van der Waals surface area contributed by atoms with Crippen molar-refractivity contribution < 1.29 is 19.7 Å². The maximum atomic E-state index is 11.8. The summed E-state index contributed by atoms with van der Waals surface area (Å²) in [6.07, 6.45) is -1.12. The molecule has 1 aromatic carbocycles. The van der Waals surface area contributed by atoms with Gasteiger partial charge in [-0.1, -0.05) is 6.07 Å². The number of carbonyl (C=O) groups excluding carboxylic acids is 1. The molecule has 22 heavy (non-hydrogen) atoms. The van der Waals surface area contributed by atoms with Gasteiger partial charge in [-0.05, 0) is 56.1 Å². The molecule has 7 heteroatoms. The van der Waals surface area contributed by atoms with Crippen LogP contribution in [0, 0.1) is 0 Å². The number of anilines is 1. The summed E-state index contributed by atoms with van der Waals surface area (Å²) in [6, 6.07) is 6.35. The summed E-state index contributed by atoms with van der Waals surface area (Å²) in [4.78, 5) is 13.0. The molecule has 2 rings (SSSR count). The van der Waals surface area contributed by atoms with E-state index in [9.17, 15) is 15.0 Å². The lowest BCUT2D eigenvalue weighted by Gasteiger charge is -2.45. The highest BCUT2D eigenvalue weighted by Crippen LogP contribution is 2.33. The maximum absolute atomic E-state index is 11.8. The Morgan fingerprint density at radius 3 is 2.82 bits per heavy atom. The van der Waals surface area contributed by atoms with E-state index in [0.29, 0.717) is 22.5 Å². The van der Waals surface area contributed by atoms with Gasteiger partial charge in [0, 0.05) is 11.4 Å². The van der Waals surface area contributed by atoms with Crippen LogP contribution in [0.4, 0.5) is 5.69 Å². The Kier molecular flexibility index (Phi) is 4.65. The molecule has 0 fully saturated rings. The third kappa shape index (κ3) is 3.04. The molecule has 1 aliphatic rings. The van der Waals surface area contributed by atoms with Crippen molar-refractivity contribution in [2.45, 2.75) is 32.3 Å². The first-order valence-electron chi connectivity index (χ1n) is 6.89. The van der Waals surface area contributed by atoms with Crippen molar-refractivity contribution in [2.24, 2.45) is 0 Å². The molecule has 6 nitrogen and oxygen atoms in total. The van der Waals surface area contributed by atoms with Crippen molar-refractivity contribution in [1.29, 1.82) is 0 Å². The normalized spacial score (nSPS) is 25.0. The van der Waals surface area contributed by atoms with Crippen molar-refractivity contribution in [1.82, 2.24) is 5.32 Å². The van der Waals surface area contributed by atoms with Gasteiger partial charge in [-0.3, -0.25) is 4.90 Å². The molecule has 0 saturated heterocycles. The number of halogens is 1. The molecule has 2 atom stereocenters. The smallest absolute Gasteiger partial charge is 0.338 e. The van der Waals surface area contributed by atoms with Gasteiger partial charge in [-0.2, -0.15) is 0 Å². The van der Waals surface area contributed by atoms with Crippen LogP contribution in [-0.4, -0.2) is 34.3 Å². The van der Waals surface area contributed by atoms with Gasteiger partial charge in [-0.25, -0.2) is 4.79 Å². The molecule has 0 radical (unpaired) electrons. The molecular formula is C15H19ClN2O4. The van der Waals surface area contributed by atoms with Crippen molar-refractivity contribution in [3.63, 3.8) is 0 Å². The van der Waals surface area contributed by atoms with E-state index in [1.165, 1.54) is 11.0 Å². The lowest BCUT2D eigenvalue weighted by molar-refractivity contribution is 0.0387. The lowest BCUT2D eigenvalue weighted by Crippen LogP contribution is -2.62. The van der Waals surface area contributed by atoms with Crippen molar-refractivity contribution in [3.05, 3.63) is 41.1 Å². The molecule has 0 spiro atoms.